The summed E-state index contributed by atoms with van der Waals surface area (Å²) in [4.78, 5) is 0. The van der Waals surface area contributed by atoms with Gasteiger partial charge >= 0.3 is 0 Å². The fourth-order valence-electron chi connectivity index (χ4n) is 1.49. The molecular weight excluding hydrogens is 230 g/mol. The lowest BCUT2D eigenvalue weighted by molar-refractivity contribution is 0.0907. The van der Waals surface area contributed by atoms with Crippen LogP contribution in [0.15, 0.2) is 30.3 Å². The van der Waals surface area contributed by atoms with E-state index in [-0.39, 0.29) is 6.61 Å². The van der Waals surface area contributed by atoms with E-state index < -0.39 is 0 Å². The van der Waals surface area contributed by atoms with Crippen molar-refractivity contribution in [2.24, 2.45) is 0 Å². The van der Waals surface area contributed by atoms with Crippen LogP contribution >= 0.6 is 0 Å². The molecule has 0 radical (unpaired) electrons. The van der Waals surface area contributed by atoms with Crippen LogP contribution in [0.25, 0.3) is 0 Å². The molecule has 1 aromatic carbocycles. The summed E-state index contributed by atoms with van der Waals surface area (Å²) in [5.41, 5.74) is 0. The van der Waals surface area contributed by atoms with Crippen LogP contribution in [0.5, 0.6) is 5.75 Å². The Morgan fingerprint density at radius 3 is 2.39 bits per heavy atom. The van der Waals surface area contributed by atoms with E-state index in [1.54, 1.807) is 0 Å². The minimum Gasteiger partial charge on any atom is -0.494 e. The molecule has 0 aliphatic carbocycles. The van der Waals surface area contributed by atoms with E-state index in [1.165, 1.54) is 0 Å². The van der Waals surface area contributed by atoms with Crippen molar-refractivity contribution in [3.05, 3.63) is 30.3 Å². The molecule has 0 saturated carbocycles. The van der Waals surface area contributed by atoms with Crippen molar-refractivity contribution in [1.29, 1.82) is 0 Å². The number of aliphatic hydroxyl groups excluding tert-OH is 1. The molecule has 18 heavy (non-hydrogen) atoms. The van der Waals surface area contributed by atoms with E-state index in [0.29, 0.717) is 13.2 Å². The molecule has 0 amide bonds. The van der Waals surface area contributed by atoms with E-state index in [9.17, 15) is 0 Å². The minimum absolute atomic E-state index is 0.101. The number of hydrogen-bond acceptors (Lipinski definition) is 4. The highest BCUT2D eigenvalue weighted by atomic mass is 16.5. The molecule has 0 bridgehead atoms. The smallest absolute Gasteiger partial charge is 0.119 e. The lowest BCUT2D eigenvalue weighted by atomic mass is 10.3. The van der Waals surface area contributed by atoms with Crippen LogP contribution in [0.1, 0.15) is 12.8 Å². The fourth-order valence-corrected chi connectivity index (χ4v) is 1.49. The molecule has 4 heteroatoms. The molecule has 1 aromatic rings. The van der Waals surface area contributed by atoms with Gasteiger partial charge in [-0.3, -0.25) is 0 Å². The van der Waals surface area contributed by atoms with Crippen LogP contribution in [0.4, 0.5) is 0 Å². The van der Waals surface area contributed by atoms with Gasteiger partial charge in [-0.2, -0.15) is 0 Å². The maximum absolute atomic E-state index is 8.51. The highest BCUT2D eigenvalue weighted by Gasteiger charge is 1.92. The second-order valence-corrected chi connectivity index (χ2v) is 3.95. The maximum atomic E-state index is 8.51. The minimum atomic E-state index is 0.101. The van der Waals surface area contributed by atoms with Gasteiger partial charge in [-0.15, -0.1) is 0 Å². The van der Waals surface area contributed by atoms with Gasteiger partial charge in [-0.05, 0) is 38.1 Å². The standard InChI is InChI=1S/C14H23NO3/c16-10-13-17-11-4-8-15-9-5-12-18-14-6-2-1-3-7-14/h1-3,6-7,15-16H,4-5,8-13H2. The van der Waals surface area contributed by atoms with Crippen molar-refractivity contribution in [3.8, 4) is 5.75 Å². The van der Waals surface area contributed by atoms with E-state index in [0.717, 1.165) is 38.3 Å². The zero-order chi connectivity index (χ0) is 12.9. The Bertz CT molecular complexity index is 280. The lowest BCUT2D eigenvalue weighted by Gasteiger charge is -2.07. The van der Waals surface area contributed by atoms with Crippen LogP contribution in [-0.4, -0.2) is 44.6 Å². The lowest BCUT2D eigenvalue weighted by Crippen LogP contribution is -2.20. The van der Waals surface area contributed by atoms with Gasteiger partial charge in [0.1, 0.15) is 5.75 Å². The summed E-state index contributed by atoms with van der Waals surface area (Å²) in [5, 5.41) is 11.8. The number of rotatable bonds is 11. The Kier molecular flexibility index (Phi) is 9.16. The van der Waals surface area contributed by atoms with Crippen LogP contribution < -0.4 is 10.1 Å². The number of aliphatic hydroxyl groups is 1. The molecule has 0 aliphatic rings. The van der Waals surface area contributed by atoms with Crippen molar-refractivity contribution in [1.82, 2.24) is 5.32 Å². The molecule has 0 unspecified atom stereocenters. The van der Waals surface area contributed by atoms with Gasteiger partial charge in [0, 0.05) is 6.61 Å². The first-order valence-electron chi connectivity index (χ1n) is 6.50. The zero-order valence-corrected chi connectivity index (χ0v) is 10.8. The van der Waals surface area contributed by atoms with Gasteiger partial charge in [-0.25, -0.2) is 0 Å². The first-order valence-corrected chi connectivity index (χ1v) is 6.50. The summed E-state index contributed by atoms with van der Waals surface area (Å²) < 4.78 is 10.7. The van der Waals surface area contributed by atoms with Crippen LogP contribution in [0.3, 0.4) is 0 Å². The molecule has 0 heterocycles. The molecule has 0 fully saturated rings. The number of hydrogen-bond donors (Lipinski definition) is 2. The Hall–Kier alpha value is -1.10. The van der Waals surface area contributed by atoms with E-state index in [2.05, 4.69) is 5.32 Å². The van der Waals surface area contributed by atoms with Gasteiger partial charge in [-0.1, -0.05) is 18.2 Å². The Morgan fingerprint density at radius 2 is 1.67 bits per heavy atom. The van der Waals surface area contributed by atoms with Gasteiger partial charge in [0.2, 0.25) is 0 Å². The molecule has 0 spiro atoms. The van der Waals surface area contributed by atoms with Crippen LogP contribution in [-0.2, 0) is 4.74 Å². The fraction of sp³-hybridized carbons (Fsp3) is 0.571. The summed E-state index contributed by atoms with van der Waals surface area (Å²) >= 11 is 0. The normalized spacial score (nSPS) is 10.5. The third-order valence-corrected chi connectivity index (χ3v) is 2.39. The molecular formula is C14H23NO3. The molecule has 102 valence electrons. The summed E-state index contributed by atoms with van der Waals surface area (Å²) in [6.07, 6.45) is 1.96. The van der Waals surface area contributed by atoms with E-state index in [4.69, 9.17) is 14.6 Å². The van der Waals surface area contributed by atoms with Crippen LogP contribution in [0.2, 0.25) is 0 Å². The van der Waals surface area contributed by atoms with E-state index >= 15 is 0 Å². The monoisotopic (exact) mass is 253 g/mol. The predicted molar refractivity (Wildman–Crippen MR) is 71.9 cm³/mol. The SMILES string of the molecule is OCCOCCCNCCCOc1ccccc1. The zero-order valence-electron chi connectivity index (χ0n) is 10.8. The number of para-hydroxylation sites is 1. The third kappa shape index (κ3) is 8.06. The molecule has 4 nitrogen and oxygen atoms in total. The first kappa shape index (κ1) is 15.0. The van der Waals surface area contributed by atoms with Crippen molar-refractivity contribution >= 4 is 0 Å². The molecule has 0 aliphatic heterocycles. The van der Waals surface area contributed by atoms with Crippen molar-refractivity contribution in [2.75, 3.05) is 39.5 Å². The number of ether oxygens (including phenoxy) is 2. The summed E-state index contributed by atoms with van der Waals surface area (Å²) in [7, 11) is 0. The molecule has 0 aromatic heterocycles. The third-order valence-electron chi connectivity index (χ3n) is 2.39. The van der Waals surface area contributed by atoms with Gasteiger partial charge in [0.05, 0.1) is 19.8 Å². The summed E-state index contributed by atoms with van der Waals surface area (Å²) in [5.74, 6) is 0.926. The van der Waals surface area contributed by atoms with Gasteiger partial charge < -0.3 is 19.9 Å². The molecule has 0 saturated heterocycles. The quantitative estimate of drug-likeness (QED) is 0.586. The molecule has 2 N–H and O–H groups in total. The summed E-state index contributed by atoms with van der Waals surface area (Å²) in [6, 6.07) is 9.85. The highest BCUT2D eigenvalue weighted by Crippen LogP contribution is 2.07. The highest BCUT2D eigenvalue weighted by molar-refractivity contribution is 5.20. The van der Waals surface area contributed by atoms with E-state index in [1.807, 2.05) is 30.3 Å². The van der Waals surface area contributed by atoms with Crippen LogP contribution in [0, 0.1) is 0 Å². The van der Waals surface area contributed by atoms with Gasteiger partial charge in [0.25, 0.3) is 0 Å². The van der Waals surface area contributed by atoms with Crippen molar-refractivity contribution in [3.63, 3.8) is 0 Å². The molecule has 0 atom stereocenters. The largest absolute Gasteiger partial charge is 0.494 e. The number of nitrogens with one attached hydrogen (secondary N) is 1. The summed E-state index contributed by atoms with van der Waals surface area (Å²) in [6.45, 7) is 3.87. The Labute approximate surface area is 109 Å². The Balaban J connectivity index is 1.82. The maximum Gasteiger partial charge on any atom is 0.119 e. The second-order valence-electron chi connectivity index (χ2n) is 3.95. The predicted octanol–water partition coefficient (Wildman–Crippen LogP) is 1.44. The van der Waals surface area contributed by atoms with Crippen molar-refractivity contribution in [2.45, 2.75) is 12.8 Å². The topological polar surface area (TPSA) is 50.7 Å². The van der Waals surface area contributed by atoms with Gasteiger partial charge in [0.15, 0.2) is 0 Å². The second kappa shape index (κ2) is 11.0. The number of benzene rings is 1. The average Bonchev–Trinajstić information content (AvgIpc) is 2.42. The first-order chi connectivity index (χ1) is 8.93. The molecule has 1 rings (SSSR count). The Morgan fingerprint density at radius 1 is 0.944 bits per heavy atom. The average molecular weight is 253 g/mol. The van der Waals surface area contributed by atoms with Crippen molar-refractivity contribution < 1.29 is 14.6 Å².